The van der Waals surface area contributed by atoms with Gasteiger partial charge in [-0.05, 0) is 19.1 Å². The monoisotopic (exact) mass is 195 g/mol. The number of ketones is 1. The summed E-state index contributed by atoms with van der Waals surface area (Å²) in [6.07, 6.45) is 1.78. The van der Waals surface area contributed by atoms with Crippen molar-refractivity contribution in [2.45, 2.75) is 26.3 Å². The molecule has 14 heavy (non-hydrogen) atoms. The van der Waals surface area contributed by atoms with Gasteiger partial charge in [0.25, 0.3) is 0 Å². The molecule has 1 rings (SSSR count). The van der Waals surface area contributed by atoms with E-state index in [1.807, 2.05) is 17.7 Å². The highest BCUT2D eigenvalue weighted by atomic mass is 16.4. The summed E-state index contributed by atoms with van der Waals surface area (Å²) in [5.41, 5.74) is 0.591. The van der Waals surface area contributed by atoms with Gasteiger partial charge in [0.05, 0.1) is 12.1 Å². The predicted octanol–water partition coefficient (Wildman–Crippen LogP) is 1.56. The number of aromatic nitrogens is 1. The number of aryl methyl sites for hydroxylation is 1. The lowest BCUT2D eigenvalue weighted by Crippen LogP contribution is -2.09. The standard InChI is InChI=1S/C10H13NO3/c1-2-11-7-3-4-8(11)9(12)5-6-10(13)14/h3-4,7H,2,5-6H2,1H3,(H,13,14). The quantitative estimate of drug-likeness (QED) is 0.725. The molecule has 0 saturated heterocycles. The number of hydrogen-bond donors (Lipinski definition) is 1. The van der Waals surface area contributed by atoms with Crippen molar-refractivity contribution in [1.82, 2.24) is 4.57 Å². The fourth-order valence-corrected chi connectivity index (χ4v) is 1.29. The molecule has 0 atom stereocenters. The Morgan fingerprint density at radius 1 is 1.43 bits per heavy atom. The Kier molecular flexibility index (Phi) is 3.45. The summed E-state index contributed by atoms with van der Waals surface area (Å²) in [7, 11) is 0. The van der Waals surface area contributed by atoms with Crippen LogP contribution in [0, 0.1) is 0 Å². The fraction of sp³-hybridized carbons (Fsp3) is 0.400. The maximum absolute atomic E-state index is 11.5. The molecule has 0 aliphatic carbocycles. The third kappa shape index (κ3) is 2.45. The molecular formula is C10H13NO3. The van der Waals surface area contributed by atoms with Crippen molar-refractivity contribution in [3.05, 3.63) is 24.0 Å². The van der Waals surface area contributed by atoms with E-state index in [0.717, 1.165) is 6.54 Å². The minimum atomic E-state index is -0.937. The Labute approximate surface area is 82.2 Å². The van der Waals surface area contributed by atoms with Gasteiger partial charge < -0.3 is 9.67 Å². The lowest BCUT2D eigenvalue weighted by molar-refractivity contribution is -0.136. The molecule has 0 saturated carbocycles. The average Bonchev–Trinajstić information content (AvgIpc) is 2.61. The molecular weight excluding hydrogens is 182 g/mol. The maximum atomic E-state index is 11.5. The highest BCUT2D eigenvalue weighted by Gasteiger charge is 2.11. The van der Waals surface area contributed by atoms with Crippen LogP contribution in [0.25, 0.3) is 0 Å². The van der Waals surface area contributed by atoms with E-state index in [1.165, 1.54) is 0 Å². The van der Waals surface area contributed by atoms with Crippen LogP contribution in [0.15, 0.2) is 18.3 Å². The molecule has 1 aromatic heterocycles. The van der Waals surface area contributed by atoms with Crippen molar-refractivity contribution in [3.63, 3.8) is 0 Å². The van der Waals surface area contributed by atoms with E-state index >= 15 is 0 Å². The first kappa shape index (κ1) is 10.5. The highest BCUT2D eigenvalue weighted by molar-refractivity contribution is 5.96. The number of Topliss-reactive ketones (excluding diaryl/α,β-unsaturated/α-hetero) is 1. The number of aliphatic carboxylic acids is 1. The Balaban J connectivity index is 2.64. The zero-order valence-electron chi connectivity index (χ0n) is 8.06. The van der Waals surface area contributed by atoms with Crippen molar-refractivity contribution in [1.29, 1.82) is 0 Å². The van der Waals surface area contributed by atoms with Gasteiger partial charge in [0.1, 0.15) is 0 Å². The van der Waals surface area contributed by atoms with Crippen LogP contribution in [0.4, 0.5) is 0 Å². The van der Waals surface area contributed by atoms with Gasteiger partial charge in [-0.3, -0.25) is 9.59 Å². The number of carbonyl (C=O) groups excluding carboxylic acids is 1. The molecule has 0 spiro atoms. The number of carbonyl (C=O) groups is 2. The number of hydrogen-bond acceptors (Lipinski definition) is 2. The molecule has 1 aromatic rings. The molecule has 0 fully saturated rings. The Morgan fingerprint density at radius 2 is 2.14 bits per heavy atom. The van der Waals surface area contributed by atoms with Gasteiger partial charge in [-0.2, -0.15) is 0 Å². The minimum Gasteiger partial charge on any atom is -0.481 e. The number of nitrogens with zero attached hydrogens (tertiary/aromatic N) is 1. The lowest BCUT2D eigenvalue weighted by atomic mass is 10.1. The van der Waals surface area contributed by atoms with E-state index in [9.17, 15) is 9.59 Å². The molecule has 1 N–H and O–H groups in total. The van der Waals surface area contributed by atoms with Crippen molar-refractivity contribution in [2.24, 2.45) is 0 Å². The van der Waals surface area contributed by atoms with Gasteiger partial charge in [0.15, 0.2) is 5.78 Å². The van der Waals surface area contributed by atoms with Crippen LogP contribution in [0.2, 0.25) is 0 Å². The molecule has 0 amide bonds. The SMILES string of the molecule is CCn1cccc1C(=O)CCC(=O)O. The molecule has 4 nitrogen and oxygen atoms in total. The van der Waals surface area contributed by atoms with E-state index < -0.39 is 5.97 Å². The largest absolute Gasteiger partial charge is 0.481 e. The topological polar surface area (TPSA) is 59.3 Å². The van der Waals surface area contributed by atoms with Gasteiger partial charge in [-0.15, -0.1) is 0 Å². The predicted molar refractivity (Wildman–Crippen MR) is 51.3 cm³/mol. The Morgan fingerprint density at radius 3 is 2.71 bits per heavy atom. The highest BCUT2D eigenvalue weighted by Crippen LogP contribution is 2.07. The normalized spacial score (nSPS) is 10.1. The van der Waals surface area contributed by atoms with Crippen LogP contribution in [-0.4, -0.2) is 21.4 Å². The Bertz CT molecular complexity index is 341. The van der Waals surface area contributed by atoms with E-state index in [0.29, 0.717) is 5.69 Å². The number of rotatable bonds is 5. The molecule has 0 aliphatic heterocycles. The van der Waals surface area contributed by atoms with Gasteiger partial charge in [0.2, 0.25) is 0 Å². The van der Waals surface area contributed by atoms with Crippen LogP contribution >= 0.6 is 0 Å². The van der Waals surface area contributed by atoms with Crippen LogP contribution < -0.4 is 0 Å². The van der Waals surface area contributed by atoms with E-state index in [4.69, 9.17) is 5.11 Å². The van der Waals surface area contributed by atoms with E-state index in [2.05, 4.69) is 0 Å². The summed E-state index contributed by atoms with van der Waals surface area (Å²) < 4.78 is 1.81. The van der Waals surface area contributed by atoms with E-state index in [-0.39, 0.29) is 18.6 Å². The van der Waals surface area contributed by atoms with Gasteiger partial charge in [0, 0.05) is 19.2 Å². The molecule has 0 radical (unpaired) electrons. The van der Waals surface area contributed by atoms with Crippen LogP contribution in [0.1, 0.15) is 30.3 Å². The second-order valence-electron chi connectivity index (χ2n) is 3.00. The molecule has 1 heterocycles. The van der Waals surface area contributed by atoms with Crippen molar-refractivity contribution in [2.75, 3.05) is 0 Å². The van der Waals surface area contributed by atoms with E-state index in [1.54, 1.807) is 12.1 Å². The minimum absolute atomic E-state index is 0.0688. The second-order valence-corrected chi connectivity index (χ2v) is 3.00. The maximum Gasteiger partial charge on any atom is 0.303 e. The third-order valence-corrected chi connectivity index (χ3v) is 2.02. The molecule has 4 heteroatoms. The summed E-state index contributed by atoms with van der Waals surface area (Å²) >= 11 is 0. The summed E-state index contributed by atoms with van der Waals surface area (Å²) in [5, 5.41) is 8.43. The van der Waals surface area contributed by atoms with Crippen molar-refractivity contribution >= 4 is 11.8 Å². The van der Waals surface area contributed by atoms with Crippen LogP contribution in [-0.2, 0) is 11.3 Å². The Hall–Kier alpha value is -1.58. The average molecular weight is 195 g/mol. The second kappa shape index (κ2) is 4.60. The van der Waals surface area contributed by atoms with Crippen molar-refractivity contribution < 1.29 is 14.7 Å². The zero-order chi connectivity index (χ0) is 10.6. The molecule has 76 valence electrons. The zero-order valence-corrected chi connectivity index (χ0v) is 8.06. The molecule has 0 aromatic carbocycles. The third-order valence-electron chi connectivity index (χ3n) is 2.02. The summed E-state index contributed by atoms with van der Waals surface area (Å²) in [6, 6.07) is 3.51. The first-order valence-electron chi connectivity index (χ1n) is 4.55. The van der Waals surface area contributed by atoms with Crippen LogP contribution in [0.5, 0.6) is 0 Å². The van der Waals surface area contributed by atoms with Crippen LogP contribution in [0.3, 0.4) is 0 Å². The first-order valence-corrected chi connectivity index (χ1v) is 4.55. The molecule has 0 bridgehead atoms. The number of carboxylic acids is 1. The first-order chi connectivity index (χ1) is 6.65. The fourth-order valence-electron chi connectivity index (χ4n) is 1.29. The smallest absolute Gasteiger partial charge is 0.303 e. The molecule has 0 aliphatic rings. The summed E-state index contributed by atoms with van der Waals surface area (Å²) in [4.78, 5) is 21.8. The van der Waals surface area contributed by atoms with Crippen molar-refractivity contribution in [3.8, 4) is 0 Å². The van der Waals surface area contributed by atoms with Gasteiger partial charge in [-0.25, -0.2) is 0 Å². The summed E-state index contributed by atoms with van der Waals surface area (Å²) in [6.45, 7) is 2.66. The van der Waals surface area contributed by atoms with Gasteiger partial charge >= 0.3 is 5.97 Å². The molecule has 0 unspecified atom stereocenters. The van der Waals surface area contributed by atoms with Gasteiger partial charge in [-0.1, -0.05) is 0 Å². The summed E-state index contributed by atoms with van der Waals surface area (Å²) in [5.74, 6) is -1.05. The number of carboxylic acid groups (broad SMARTS) is 1. The lowest BCUT2D eigenvalue weighted by Gasteiger charge is -2.03.